The Morgan fingerprint density at radius 3 is 2.77 bits per heavy atom. The monoisotopic (exact) mass is 380 g/mol. The second-order valence-electron chi connectivity index (χ2n) is 6.65. The minimum Gasteiger partial charge on any atom is -0.358 e. The molecule has 1 aromatic heterocycles. The molecule has 0 amide bonds. The quantitative estimate of drug-likeness (QED) is 0.587. The van der Waals surface area contributed by atoms with Gasteiger partial charge in [-0.05, 0) is 36.2 Å². The number of nitrogens with one attached hydrogen (secondary N) is 1. The van der Waals surface area contributed by atoms with Gasteiger partial charge >= 0.3 is 0 Å². The third-order valence-corrected chi connectivity index (χ3v) is 5.92. The molecule has 3 nitrogen and oxygen atoms in total. The van der Waals surface area contributed by atoms with Crippen molar-refractivity contribution >= 4 is 45.6 Å². The Kier molecular flexibility index (Phi) is 3.56. The van der Waals surface area contributed by atoms with Crippen LogP contribution in [-0.4, -0.2) is 10.8 Å². The lowest BCUT2D eigenvalue weighted by Gasteiger charge is -2.29. The summed E-state index contributed by atoms with van der Waals surface area (Å²) in [6, 6.07) is 13.7. The van der Waals surface area contributed by atoms with Crippen molar-refractivity contribution in [1.82, 2.24) is 4.98 Å². The van der Waals surface area contributed by atoms with Gasteiger partial charge in [0.25, 0.3) is 0 Å². The average molecular weight is 381 g/mol. The Morgan fingerprint density at radius 1 is 1.04 bits per heavy atom. The average Bonchev–Trinajstić information content (AvgIpc) is 3.03. The number of aromatic nitrogens is 1. The van der Waals surface area contributed by atoms with E-state index in [1.165, 1.54) is 0 Å². The van der Waals surface area contributed by atoms with Crippen LogP contribution in [0.25, 0.3) is 10.9 Å². The molecule has 26 heavy (non-hydrogen) atoms. The molecule has 0 spiro atoms. The zero-order valence-electron chi connectivity index (χ0n) is 13.7. The number of rotatable bonds is 1. The zero-order chi connectivity index (χ0) is 17.8. The Bertz CT molecular complexity index is 1120. The Hall–Kier alpha value is -2.36. The number of nitrogens with zero attached hydrogens (tertiary/aromatic N) is 1. The van der Waals surface area contributed by atoms with Crippen molar-refractivity contribution in [2.75, 3.05) is 5.32 Å². The summed E-state index contributed by atoms with van der Waals surface area (Å²) >= 11 is 12.4. The zero-order valence-corrected chi connectivity index (χ0v) is 15.2. The summed E-state index contributed by atoms with van der Waals surface area (Å²) in [6.45, 7) is 0. The number of allylic oxidation sites excluding steroid dienone is 2. The van der Waals surface area contributed by atoms with Crippen molar-refractivity contribution in [3.8, 4) is 0 Å². The van der Waals surface area contributed by atoms with Gasteiger partial charge in [0.2, 0.25) is 0 Å². The van der Waals surface area contributed by atoms with Gasteiger partial charge in [-0.2, -0.15) is 0 Å². The van der Waals surface area contributed by atoms with Crippen molar-refractivity contribution in [3.63, 3.8) is 0 Å². The predicted molar refractivity (Wildman–Crippen MR) is 105 cm³/mol. The van der Waals surface area contributed by atoms with Crippen LogP contribution in [0.5, 0.6) is 0 Å². The number of Topliss-reactive ketones (excluding diaryl/α,β-unsaturated/α-hetero) is 1. The highest BCUT2D eigenvalue weighted by molar-refractivity contribution is 6.42. The van der Waals surface area contributed by atoms with Crippen molar-refractivity contribution in [2.45, 2.75) is 18.8 Å². The van der Waals surface area contributed by atoms with E-state index in [4.69, 9.17) is 23.2 Å². The number of carbonyl (C=O) groups is 1. The highest BCUT2D eigenvalue weighted by Crippen LogP contribution is 2.48. The molecule has 1 atom stereocenters. The third-order valence-electron chi connectivity index (χ3n) is 5.18. The number of fused-ring (bicyclic) bond motifs is 3. The van der Waals surface area contributed by atoms with Crippen LogP contribution >= 0.6 is 23.2 Å². The Labute approximate surface area is 160 Å². The summed E-state index contributed by atoms with van der Waals surface area (Å²) in [7, 11) is 0. The SMILES string of the molecule is O=C1CCC2=C1C(c1ccc(Cl)c(Cl)c1)c1c(ccc3cccnc13)N2. The summed E-state index contributed by atoms with van der Waals surface area (Å²) in [6.07, 6.45) is 3.06. The van der Waals surface area contributed by atoms with Crippen molar-refractivity contribution in [2.24, 2.45) is 0 Å². The summed E-state index contributed by atoms with van der Waals surface area (Å²) in [5.41, 5.74) is 5.72. The molecule has 2 aliphatic rings. The second-order valence-corrected chi connectivity index (χ2v) is 7.46. The highest BCUT2D eigenvalue weighted by atomic mass is 35.5. The molecule has 3 aromatic rings. The highest BCUT2D eigenvalue weighted by Gasteiger charge is 2.38. The van der Waals surface area contributed by atoms with Crippen LogP contribution in [-0.2, 0) is 4.79 Å². The number of carbonyl (C=O) groups excluding carboxylic acids is 1. The minimum atomic E-state index is -0.190. The van der Waals surface area contributed by atoms with E-state index in [9.17, 15) is 4.79 Å². The van der Waals surface area contributed by atoms with Gasteiger partial charge in [-0.1, -0.05) is 41.4 Å². The molecule has 1 aliphatic heterocycles. The molecule has 1 N–H and O–H groups in total. The van der Waals surface area contributed by atoms with Gasteiger partial charge < -0.3 is 5.32 Å². The van der Waals surface area contributed by atoms with Gasteiger partial charge in [-0.15, -0.1) is 0 Å². The van der Waals surface area contributed by atoms with Gasteiger partial charge in [0.05, 0.1) is 15.6 Å². The number of pyridine rings is 1. The summed E-state index contributed by atoms with van der Waals surface area (Å²) in [5, 5.41) is 5.51. The van der Waals surface area contributed by atoms with Crippen molar-refractivity contribution < 1.29 is 4.79 Å². The van der Waals surface area contributed by atoms with Gasteiger partial charge in [0, 0.05) is 46.4 Å². The molecular weight excluding hydrogens is 367 g/mol. The molecule has 0 bridgehead atoms. The van der Waals surface area contributed by atoms with Crippen molar-refractivity contribution in [1.29, 1.82) is 0 Å². The van der Waals surface area contributed by atoms with Gasteiger partial charge in [-0.3, -0.25) is 9.78 Å². The molecule has 5 rings (SSSR count). The maximum Gasteiger partial charge on any atom is 0.161 e. The van der Waals surface area contributed by atoms with Gasteiger partial charge in [0.1, 0.15) is 0 Å². The van der Waals surface area contributed by atoms with Crippen LogP contribution in [0.1, 0.15) is 29.9 Å². The van der Waals surface area contributed by atoms with Crippen LogP contribution in [0.2, 0.25) is 10.0 Å². The van der Waals surface area contributed by atoms with Crippen LogP contribution in [0, 0.1) is 0 Å². The molecular formula is C21H14Cl2N2O. The van der Waals surface area contributed by atoms with Crippen LogP contribution < -0.4 is 5.32 Å². The third kappa shape index (κ3) is 2.28. The molecule has 0 saturated carbocycles. The smallest absolute Gasteiger partial charge is 0.161 e. The lowest BCUT2D eigenvalue weighted by atomic mass is 9.79. The fourth-order valence-corrected chi connectivity index (χ4v) is 4.35. The van der Waals surface area contributed by atoms with Crippen molar-refractivity contribution in [3.05, 3.63) is 81.1 Å². The molecule has 5 heteroatoms. The lowest BCUT2D eigenvalue weighted by Crippen LogP contribution is -2.20. The first-order valence-electron chi connectivity index (χ1n) is 8.49. The first-order chi connectivity index (χ1) is 12.6. The predicted octanol–water partition coefficient (Wildman–Crippen LogP) is 5.72. The normalized spacial score (nSPS) is 18.7. The van der Waals surface area contributed by atoms with Crippen LogP contribution in [0.3, 0.4) is 0 Å². The number of ketones is 1. The topological polar surface area (TPSA) is 42.0 Å². The molecule has 0 saturated heterocycles. The molecule has 0 radical (unpaired) electrons. The molecule has 1 unspecified atom stereocenters. The fraction of sp³-hybridized carbons (Fsp3) is 0.143. The number of anilines is 1. The number of halogens is 2. The van der Waals surface area contributed by atoms with Crippen LogP contribution in [0.4, 0.5) is 5.69 Å². The number of hydrogen-bond acceptors (Lipinski definition) is 3. The molecule has 128 valence electrons. The number of benzene rings is 2. The number of hydrogen-bond donors (Lipinski definition) is 1. The van der Waals surface area contributed by atoms with E-state index in [0.29, 0.717) is 16.5 Å². The lowest BCUT2D eigenvalue weighted by molar-refractivity contribution is -0.115. The summed E-state index contributed by atoms with van der Waals surface area (Å²) in [5.74, 6) is -0.00762. The van der Waals surface area contributed by atoms with Gasteiger partial charge in [0.15, 0.2) is 5.78 Å². The Morgan fingerprint density at radius 2 is 1.92 bits per heavy atom. The minimum absolute atomic E-state index is 0.183. The molecule has 1 aliphatic carbocycles. The van der Waals surface area contributed by atoms with E-state index in [-0.39, 0.29) is 11.7 Å². The van der Waals surface area contributed by atoms with E-state index >= 15 is 0 Å². The van der Waals surface area contributed by atoms with E-state index in [1.54, 1.807) is 12.3 Å². The molecule has 2 heterocycles. The Balaban J connectivity index is 1.84. The standard InChI is InChI=1S/C21H14Cl2N2O/c22-13-5-3-12(10-14(13)23)18-19-15(7-8-17(19)26)25-16-6-4-11-2-1-9-24-21(11)20(16)18/h1-6,9-10,18,25H,7-8H2. The van der Waals surface area contributed by atoms with E-state index < -0.39 is 0 Å². The summed E-state index contributed by atoms with van der Waals surface area (Å²) < 4.78 is 0. The van der Waals surface area contributed by atoms with E-state index in [1.807, 2.05) is 24.3 Å². The largest absolute Gasteiger partial charge is 0.358 e. The van der Waals surface area contributed by atoms with E-state index in [0.717, 1.165) is 45.4 Å². The molecule has 2 aromatic carbocycles. The maximum atomic E-state index is 12.7. The van der Waals surface area contributed by atoms with E-state index in [2.05, 4.69) is 22.4 Å². The second kappa shape index (κ2) is 5.83. The van der Waals surface area contributed by atoms with Gasteiger partial charge in [-0.25, -0.2) is 0 Å². The first kappa shape index (κ1) is 15.9. The summed E-state index contributed by atoms with van der Waals surface area (Å²) in [4.78, 5) is 17.3. The first-order valence-corrected chi connectivity index (χ1v) is 9.25. The maximum absolute atomic E-state index is 12.7. The van der Waals surface area contributed by atoms with Crippen LogP contribution in [0.15, 0.2) is 59.9 Å². The fourth-order valence-electron chi connectivity index (χ4n) is 4.04. The molecule has 0 fully saturated rings.